The van der Waals surface area contributed by atoms with Crippen molar-refractivity contribution in [3.05, 3.63) is 188 Å². The van der Waals surface area contributed by atoms with Crippen LogP contribution in [-0.2, 0) is 0 Å². The molecule has 5 heteroatoms. The van der Waals surface area contributed by atoms with Crippen LogP contribution in [0.3, 0.4) is 0 Å². The summed E-state index contributed by atoms with van der Waals surface area (Å²) in [5, 5.41) is 4.34. The van der Waals surface area contributed by atoms with E-state index in [-0.39, 0.29) is 0 Å². The van der Waals surface area contributed by atoms with Gasteiger partial charge in [-0.3, -0.25) is 4.98 Å². The van der Waals surface area contributed by atoms with Crippen molar-refractivity contribution in [3.8, 4) is 67.4 Å². The summed E-state index contributed by atoms with van der Waals surface area (Å²) in [4.78, 5) is 15.1. The molecule has 0 unspecified atom stereocenters. The molecule has 0 aliphatic heterocycles. The summed E-state index contributed by atoms with van der Waals surface area (Å²) >= 11 is 0. The number of fused-ring (bicyclic) bond motifs is 6. The van der Waals surface area contributed by atoms with Gasteiger partial charge in [0.15, 0.2) is 5.82 Å². The maximum Gasteiger partial charge on any atom is 0.160 e. The summed E-state index contributed by atoms with van der Waals surface area (Å²) in [6.07, 6.45) is 1.81. The number of nitrogens with zero attached hydrogens (tertiary/aromatic N) is 3. The lowest BCUT2D eigenvalue weighted by Crippen LogP contribution is -1.97. The molecule has 0 saturated carbocycles. The summed E-state index contributed by atoms with van der Waals surface area (Å²) in [6, 6.07) is 62.5. The fourth-order valence-corrected chi connectivity index (χ4v) is 7.87. The third-order valence-electron chi connectivity index (χ3n) is 10.5. The molecule has 11 rings (SSSR count). The molecule has 0 radical (unpaired) electrons. The lowest BCUT2D eigenvalue weighted by Gasteiger charge is -2.14. The Bertz CT molecular complexity index is 3120. The van der Waals surface area contributed by atoms with E-state index in [1.54, 1.807) is 0 Å². The molecular formula is C51H31N3O2. The molecule has 0 saturated heterocycles. The number of benzene rings is 7. The van der Waals surface area contributed by atoms with Crippen molar-refractivity contribution < 1.29 is 8.83 Å². The highest BCUT2D eigenvalue weighted by Gasteiger charge is 2.19. The van der Waals surface area contributed by atoms with Gasteiger partial charge in [0.2, 0.25) is 0 Å². The first-order chi connectivity index (χ1) is 27.7. The molecule has 5 nitrogen and oxygen atoms in total. The second-order valence-corrected chi connectivity index (χ2v) is 14.0. The van der Waals surface area contributed by atoms with E-state index in [4.69, 9.17) is 18.8 Å². The van der Waals surface area contributed by atoms with Crippen LogP contribution in [0.15, 0.2) is 197 Å². The molecule has 0 aliphatic carbocycles. The van der Waals surface area contributed by atoms with E-state index in [0.717, 1.165) is 105 Å². The summed E-state index contributed by atoms with van der Waals surface area (Å²) in [5.74, 6) is 0.629. The molecule has 0 N–H and O–H groups in total. The largest absolute Gasteiger partial charge is 0.455 e. The minimum atomic E-state index is 0.629. The second kappa shape index (κ2) is 13.0. The highest BCUT2D eigenvalue weighted by Crippen LogP contribution is 2.42. The summed E-state index contributed by atoms with van der Waals surface area (Å²) in [6.45, 7) is 0. The predicted octanol–water partition coefficient (Wildman–Crippen LogP) is 13.7. The maximum absolute atomic E-state index is 6.59. The van der Waals surface area contributed by atoms with Gasteiger partial charge in [0, 0.05) is 61.1 Å². The average Bonchev–Trinajstić information content (AvgIpc) is 3.86. The highest BCUT2D eigenvalue weighted by atomic mass is 16.3. The third kappa shape index (κ3) is 5.45. The second-order valence-electron chi connectivity index (χ2n) is 14.0. The molecule has 0 spiro atoms. The van der Waals surface area contributed by atoms with Gasteiger partial charge in [-0.25, -0.2) is 9.97 Å². The molecule has 56 heavy (non-hydrogen) atoms. The number of para-hydroxylation sites is 4. The van der Waals surface area contributed by atoms with E-state index < -0.39 is 0 Å². The molecule has 7 aromatic carbocycles. The van der Waals surface area contributed by atoms with Gasteiger partial charge in [-0.2, -0.15) is 0 Å². The van der Waals surface area contributed by atoms with Crippen LogP contribution < -0.4 is 0 Å². The van der Waals surface area contributed by atoms with E-state index in [2.05, 4.69) is 120 Å². The van der Waals surface area contributed by atoms with Gasteiger partial charge >= 0.3 is 0 Å². The van der Waals surface area contributed by atoms with E-state index in [1.165, 1.54) is 0 Å². The molecule has 0 atom stereocenters. The Kier molecular flexibility index (Phi) is 7.42. The zero-order valence-corrected chi connectivity index (χ0v) is 30.1. The SMILES string of the molecule is c1ccc(-c2cc(-c3cc(-c4cccc5c4oc4ccccc45)cc(-c4cccc5c4oc4ccccc45)c3)nc(-c3cccc(-c4ccccn4)c3)n2)cc1. The molecule has 262 valence electrons. The maximum atomic E-state index is 6.59. The molecule has 4 heterocycles. The van der Waals surface area contributed by atoms with Gasteiger partial charge in [-0.15, -0.1) is 0 Å². The van der Waals surface area contributed by atoms with Crippen molar-refractivity contribution in [1.29, 1.82) is 0 Å². The fourth-order valence-electron chi connectivity index (χ4n) is 7.87. The van der Waals surface area contributed by atoms with Gasteiger partial charge in [-0.05, 0) is 65.7 Å². The predicted molar refractivity (Wildman–Crippen MR) is 227 cm³/mol. The van der Waals surface area contributed by atoms with Gasteiger partial charge in [0.1, 0.15) is 22.3 Å². The Morgan fingerprint density at radius 3 is 1.46 bits per heavy atom. The Labute approximate surface area is 322 Å². The normalized spacial score (nSPS) is 11.6. The van der Waals surface area contributed by atoms with Crippen LogP contribution in [0.25, 0.3) is 111 Å². The van der Waals surface area contributed by atoms with Crippen molar-refractivity contribution >= 4 is 43.9 Å². The summed E-state index contributed by atoms with van der Waals surface area (Å²) in [7, 11) is 0. The summed E-state index contributed by atoms with van der Waals surface area (Å²) < 4.78 is 13.2. The van der Waals surface area contributed by atoms with Crippen molar-refractivity contribution in [2.24, 2.45) is 0 Å². The zero-order valence-electron chi connectivity index (χ0n) is 30.1. The fraction of sp³-hybridized carbons (Fsp3) is 0. The third-order valence-corrected chi connectivity index (χ3v) is 10.5. The van der Waals surface area contributed by atoms with Gasteiger partial charge in [0.25, 0.3) is 0 Å². The van der Waals surface area contributed by atoms with Crippen LogP contribution in [0.4, 0.5) is 0 Å². The molecule has 4 aromatic heterocycles. The van der Waals surface area contributed by atoms with Crippen LogP contribution >= 0.6 is 0 Å². The first-order valence-electron chi connectivity index (χ1n) is 18.7. The Balaban J connectivity index is 1.17. The van der Waals surface area contributed by atoms with Gasteiger partial charge in [0.05, 0.1) is 17.1 Å². The van der Waals surface area contributed by atoms with Gasteiger partial charge in [-0.1, -0.05) is 127 Å². The first-order valence-corrected chi connectivity index (χ1v) is 18.7. The zero-order chi connectivity index (χ0) is 37.0. The molecule has 0 aliphatic rings. The molecule has 11 aromatic rings. The monoisotopic (exact) mass is 717 g/mol. The Morgan fingerprint density at radius 1 is 0.321 bits per heavy atom. The number of rotatable bonds is 6. The Morgan fingerprint density at radius 2 is 0.821 bits per heavy atom. The lowest BCUT2D eigenvalue weighted by atomic mass is 9.93. The topological polar surface area (TPSA) is 65.0 Å². The van der Waals surface area contributed by atoms with Crippen molar-refractivity contribution in [1.82, 2.24) is 15.0 Å². The first kappa shape index (κ1) is 31.9. The van der Waals surface area contributed by atoms with Crippen molar-refractivity contribution in [2.45, 2.75) is 0 Å². The number of aromatic nitrogens is 3. The highest BCUT2D eigenvalue weighted by molar-refractivity contribution is 6.11. The van der Waals surface area contributed by atoms with Crippen LogP contribution in [0, 0.1) is 0 Å². The van der Waals surface area contributed by atoms with Gasteiger partial charge < -0.3 is 8.83 Å². The van der Waals surface area contributed by atoms with E-state index in [0.29, 0.717) is 5.82 Å². The number of pyridine rings is 1. The van der Waals surface area contributed by atoms with Crippen LogP contribution in [0.5, 0.6) is 0 Å². The van der Waals surface area contributed by atoms with E-state index >= 15 is 0 Å². The van der Waals surface area contributed by atoms with Crippen molar-refractivity contribution in [3.63, 3.8) is 0 Å². The van der Waals surface area contributed by atoms with Crippen LogP contribution in [0.1, 0.15) is 0 Å². The smallest absolute Gasteiger partial charge is 0.160 e. The lowest BCUT2D eigenvalue weighted by molar-refractivity contribution is 0.670. The number of hydrogen-bond acceptors (Lipinski definition) is 5. The quantitative estimate of drug-likeness (QED) is 0.171. The number of hydrogen-bond donors (Lipinski definition) is 0. The Hall–Kier alpha value is -7.63. The molecule has 0 amide bonds. The average molecular weight is 718 g/mol. The molecule has 0 fully saturated rings. The minimum absolute atomic E-state index is 0.629. The van der Waals surface area contributed by atoms with Crippen LogP contribution in [-0.4, -0.2) is 15.0 Å². The molecule has 0 bridgehead atoms. The minimum Gasteiger partial charge on any atom is -0.455 e. The summed E-state index contributed by atoms with van der Waals surface area (Å²) in [5.41, 5.74) is 13.8. The van der Waals surface area contributed by atoms with E-state index in [1.807, 2.05) is 72.9 Å². The van der Waals surface area contributed by atoms with E-state index in [9.17, 15) is 0 Å². The number of furan rings is 2. The van der Waals surface area contributed by atoms with Crippen LogP contribution in [0.2, 0.25) is 0 Å². The molecular weight excluding hydrogens is 687 g/mol. The van der Waals surface area contributed by atoms with Crippen molar-refractivity contribution in [2.75, 3.05) is 0 Å². The standard InChI is InChI=1S/C51H31N3O2/c1-2-13-32(14-3-1)45-31-46(54-51(53-45)34-16-10-15-33(27-34)44-23-8-9-26-52-44)37-29-35(38-19-11-21-42-40-17-4-6-24-47(40)55-49(38)42)28-36(30-37)39-20-12-22-43-41-18-5-7-25-48(41)56-50(39)43/h1-31H.